The summed E-state index contributed by atoms with van der Waals surface area (Å²) in [5.41, 5.74) is 0.396. The first kappa shape index (κ1) is 13.8. The van der Waals surface area contributed by atoms with E-state index in [9.17, 15) is 4.79 Å². The molecule has 0 saturated heterocycles. The van der Waals surface area contributed by atoms with Crippen molar-refractivity contribution in [3.05, 3.63) is 29.5 Å². The van der Waals surface area contributed by atoms with Crippen molar-refractivity contribution in [2.75, 3.05) is 13.2 Å². The zero-order valence-corrected chi connectivity index (χ0v) is 11.4. The van der Waals surface area contributed by atoms with Gasteiger partial charge in [0.1, 0.15) is 5.69 Å². The molecule has 0 spiro atoms. The molecule has 2 rings (SSSR count). The quantitative estimate of drug-likeness (QED) is 0.850. The summed E-state index contributed by atoms with van der Waals surface area (Å²) in [6.07, 6.45) is 2.25. The van der Waals surface area contributed by atoms with Crippen molar-refractivity contribution in [2.45, 2.75) is 13.3 Å². The minimum atomic E-state index is -0.196. The van der Waals surface area contributed by atoms with E-state index in [0.29, 0.717) is 29.4 Å². The predicted octanol–water partition coefficient (Wildman–Crippen LogP) is 2.15. The highest BCUT2D eigenvalue weighted by Gasteiger charge is 2.13. The first-order valence-corrected chi connectivity index (χ1v) is 6.97. The normalized spacial score (nSPS) is 12.3. The Morgan fingerprint density at radius 1 is 1.63 bits per heavy atom. The van der Waals surface area contributed by atoms with Gasteiger partial charge in [0.15, 0.2) is 10.8 Å². The third kappa shape index (κ3) is 3.65. The SMILES string of the molecule is CC(CCO)CNC(=O)c1csc(-c2ccco2)n1. The van der Waals surface area contributed by atoms with Crippen LogP contribution in [0.1, 0.15) is 23.8 Å². The highest BCUT2D eigenvalue weighted by atomic mass is 32.1. The van der Waals surface area contributed by atoms with Gasteiger partial charge in [-0.15, -0.1) is 11.3 Å². The van der Waals surface area contributed by atoms with Crippen molar-refractivity contribution in [1.29, 1.82) is 0 Å². The molecule has 0 aliphatic carbocycles. The molecular weight excluding hydrogens is 264 g/mol. The Morgan fingerprint density at radius 3 is 3.16 bits per heavy atom. The number of carbonyl (C=O) groups is 1. The van der Waals surface area contributed by atoms with Gasteiger partial charge in [-0.2, -0.15) is 0 Å². The van der Waals surface area contributed by atoms with E-state index in [0.717, 1.165) is 0 Å². The fourth-order valence-corrected chi connectivity index (χ4v) is 2.34. The molecule has 102 valence electrons. The molecule has 1 amide bonds. The minimum Gasteiger partial charge on any atom is -0.462 e. The summed E-state index contributed by atoms with van der Waals surface area (Å²) in [5.74, 6) is 0.716. The topological polar surface area (TPSA) is 75.4 Å². The van der Waals surface area contributed by atoms with Gasteiger partial charge in [0.2, 0.25) is 0 Å². The lowest BCUT2D eigenvalue weighted by Gasteiger charge is -2.09. The van der Waals surface area contributed by atoms with Gasteiger partial charge < -0.3 is 14.8 Å². The van der Waals surface area contributed by atoms with Crippen molar-refractivity contribution in [2.24, 2.45) is 5.92 Å². The van der Waals surface area contributed by atoms with Crippen LogP contribution in [0.4, 0.5) is 0 Å². The highest BCUT2D eigenvalue weighted by molar-refractivity contribution is 7.13. The van der Waals surface area contributed by atoms with Crippen LogP contribution in [0.3, 0.4) is 0 Å². The van der Waals surface area contributed by atoms with E-state index >= 15 is 0 Å². The van der Waals surface area contributed by atoms with Crippen LogP contribution in [-0.2, 0) is 0 Å². The lowest BCUT2D eigenvalue weighted by atomic mass is 10.1. The number of aliphatic hydroxyl groups is 1. The molecule has 2 N–H and O–H groups in total. The molecule has 0 fully saturated rings. The molecule has 6 heteroatoms. The summed E-state index contributed by atoms with van der Waals surface area (Å²) in [6.45, 7) is 2.65. The molecule has 0 aliphatic rings. The lowest BCUT2D eigenvalue weighted by Crippen LogP contribution is -2.28. The van der Waals surface area contributed by atoms with Crippen LogP contribution in [0.5, 0.6) is 0 Å². The zero-order chi connectivity index (χ0) is 13.7. The third-order valence-corrected chi connectivity index (χ3v) is 3.56. The smallest absolute Gasteiger partial charge is 0.270 e. The molecule has 5 nitrogen and oxygen atoms in total. The van der Waals surface area contributed by atoms with Crippen molar-refractivity contribution in [1.82, 2.24) is 10.3 Å². The summed E-state index contributed by atoms with van der Waals surface area (Å²) in [6, 6.07) is 3.59. The van der Waals surface area contributed by atoms with E-state index in [-0.39, 0.29) is 18.4 Å². The Morgan fingerprint density at radius 2 is 2.47 bits per heavy atom. The number of furan rings is 1. The highest BCUT2D eigenvalue weighted by Crippen LogP contribution is 2.23. The lowest BCUT2D eigenvalue weighted by molar-refractivity contribution is 0.0941. The van der Waals surface area contributed by atoms with Gasteiger partial charge in [-0.05, 0) is 24.5 Å². The van der Waals surface area contributed by atoms with Gasteiger partial charge in [0.25, 0.3) is 5.91 Å². The van der Waals surface area contributed by atoms with E-state index in [1.54, 1.807) is 17.7 Å². The zero-order valence-electron chi connectivity index (χ0n) is 10.6. The van der Waals surface area contributed by atoms with E-state index in [1.807, 2.05) is 13.0 Å². The number of amides is 1. The minimum absolute atomic E-state index is 0.135. The molecular formula is C13H16N2O3S. The largest absolute Gasteiger partial charge is 0.462 e. The Hall–Kier alpha value is -1.66. The molecule has 0 bridgehead atoms. The molecule has 0 saturated carbocycles. The van der Waals surface area contributed by atoms with Crippen LogP contribution in [0.2, 0.25) is 0 Å². The number of nitrogens with zero attached hydrogens (tertiary/aromatic N) is 1. The summed E-state index contributed by atoms with van der Waals surface area (Å²) in [7, 11) is 0. The van der Waals surface area contributed by atoms with E-state index < -0.39 is 0 Å². The van der Waals surface area contributed by atoms with Crippen LogP contribution in [0.25, 0.3) is 10.8 Å². The van der Waals surface area contributed by atoms with Crippen molar-refractivity contribution in [3.8, 4) is 10.8 Å². The summed E-state index contributed by atoms with van der Waals surface area (Å²) in [5, 5.41) is 14.0. The first-order chi connectivity index (χ1) is 9.20. The molecule has 2 aromatic rings. The Kier molecular flexibility index (Phi) is 4.70. The molecule has 1 atom stereocenters. The first-order valence-electron chi connectivity index (χ1n) is 6.09. The molecule has 0 aliphatic heterocycles. The number of nitrogens with one attached hydrogen (secondary N) is 1. The summed E-state index contributed by atoms with van der Waals surface area (Å²) < 4.78 is 5.23. The monoisotopic (exact) mass is 280 g/mol. The van der Waals surface area contributed by atoms with Crippen LogP contribution in [-0.4, -0.2) is 29.1 Å². The van der Waals surface area contributed by atoms with Crippen molar-refractivity contribution >= 4 is 17.2 Å². The third-order valence-electron chi connectivity index (χ3n) is 2.70. The fourth-order valence-electron chi connectivity index (χ4n) is 1.57. The summed E-state index contributed by atoms with van der Waals surface area (Å²) in [4.78, 5) is 16.1. The number of aromatic nitrogens is 1. The maximum Gasteiger partial charge on any atom is 0.270 e. The Balaban J connectivity index is 1.93. The van der Waals surface area contributed by atoms with Gasteiger partial charge in [-0.3, -0.25) is 4.79 Å². The average molecular weight is 280 g/mol. The van der Waals surface area contributed by atoms with Gasteiger partial charge in [0.05, 0.1) is 6.26 Å². The number of carbonyl (C=O) groups excluding carboxylic acids is 1. The number of hydrogen-bond donors (Lipinski definition) is 2. The molecule has 0 aromatic carbocycles. The number of aliphatic hydroxyl groups excluding tert-OH is 1. The predicted molar refractivity (Wildman–Crippen MR) is 73.0 cm³/mol. The Labute approximate surface area is 115 Å². The fraction of sp³-hybridized carbons (Fsp3) is 0.385. The van der Waals surface area contributed by atoms with Crippen molar-refractivity contribution in [3.63, 3.8) is 0 Å². The standard InChI is InChI=1S/C13H16N2O3S/c1-9(4-5-16)7-14-12(17)10-8-19-13(15-10)11-3-2-6-18-11/h2-3,6,8-9,16H,4-5,7H2,1H3,(H,14,17). The summed E-state index contributed by atoms with van der Waals surface area (Å²) >= 11 is 1.37. The van der Waals surface area contributed by atoms with Gasteiger partial charge in [-0.1, -0.05) is 6.92 Å². The van der Waals surface area contributed by atoms with Gasteiger partial charge in [0, 0.05) is 18.5 Å². The maximum atomic E-state index is 11.9. The number of thiazole rings is 1. The van der Waals surface area contributed by atoms with E-state index in [2.05, 4.69) is 10.3 Å². The van der Waals surface area contributed by atoms with E-state index in [1.165, 1.54) is 11.3 Å². The van der Waals surface area contributed by atoms with Crippen LogP contribution in [0.15, 0.2) is 28.2 Å². The molecule has 2 aromatic heterocycles. The Bertz CT molecular complexity index is 522. The molecule has 0 radical (unpaired) electrons. The van der Waals surface area contributed by atoms with Crippen LogP contribution < -0.4 is 5.32 Å². The molecule has 2 heterocycles. The van der Waals surface area contributed by atoms with Crippen LogP contribution in [0, 0.1) is 5.92 Å². The van der Waals surface area contributed by atoms with Crippen LogP contribution >= 0.6 is 11.3 Å². The number of hydrogen-bond acceptors (Lipinski definition) is 5. The second-order valence-electron chi connectivity index (χ2n) is 4.34. The maximum absolute atomic E-state index is 11.9. The van der Waals surface area contributed by atoms with Crippen molar-refractivity contribution < 1.29 is 14.3 Å². The number of rotatable bonds is 6. The second kappa shape index (κ2) is 6.49. The second-order valence-corrected chi connectivity index (χ2v) is 5.20. The van der Waals surface area contributed by atoms with Gasteiger partial charge in [-0.25, -0.2) is 4.98 Å². The molecule has 19 heavy (non-hydrogen) atoms. The van der Waals surface area contributed by atoms with Gasteiger partial charge >= 0.3 is 0 Å². The molecule has 1 unspecified atom stereocenters. The van der Waals surface area contributed by atoms with E-state index in [4.69, 9.17) is 9.52 Å². The average Bonchev–Trinajstić information content (AvgIpc) is 3.06.